The first-order chi connectivity index (χ1) is 12.6. The van der Waals surface area contributed by atoms with E-state index in [1.54, 1.807) is 28.4 Å². The quantitative estimate of drug-likeness (QED) is 0.513. The fourth-order valence-corrected chi connectivity index (χ4v) is 4.51. The number of para-hydroxylation sites is 2. The number of amides is 1. The lowest BCUT2D eigenvalue weighted by Crippen LogP contribution is -2.38. The van der Waals surface area contributed by atoms with E-state index in [4.69, 9.17) is 4.98 Å². The summed E-state index contributed by atoms with van der Waals surface area (Å²) < 4.78 is 1.18. The summed E-state index contributed by atoms with van der Waals surface area (Å²) >= 11 is 1.71. The molecule has 0 saturated carbocycles. The standard InChI is InChI=1S/C19H17N3O3S/c23-19(14-5-1-3-7-16(14)22(24)25)21-11-9-13(10-12-21)18-20-15-6-2-4-8-17(15)26-18/h1-8,13H,9-12H2. The summed E-state index contributed by atoms with van der Waals surface area (Å²) in [5, 5.41) is 12.3. The number of carbonyl (C=O) groups is 1. The first kappa shape index (κ1) is 16.7. The van der Waals surface area contributed by atoms with E-state index < -0.39 is 4.92 Å². The zero-order chi connectivity index (χ0) is 18.1. The molecular weight excluding hydrogens is 350 g/mol. The first-order valence-electron chi connectivity index (χ1n) is 8.51. The van der Waals surface area contributed by atoms with Gasteiger partial charge in [-0.05, 0) is 31.0 Å². The SMILES string of the molecule is O=C(c1ccccc1[N+](=O)[O-])N1CCC(c2nc3ccccc3s2)CC1. The van der Waals surface area contributed by atoms with Crippen LogP contribution < -0.4 is 0 Å². The van der Waals surface area contributed by atoms with Gasteiger partial charge >= 0.3 is 0 Å². The van der Waals surface area contributed by atoms with Crippen molar-refractivity contribution in [3.05, 3.63) is 69.2 Å². The number of hydrogen-bond acceptors (Lipinski definition) is 5. The van der Waals surface area contributed by atoms with E-state index in [0.717, 1.165) is 23.4 Å². The molecule has 0 radical (unpaired) electrons. The maximum Gasteiger partial charge on any atom is 0.282 e. The molecule has 0 atom stereocenters. The molecule has 1 aliphatic heterocycles. The molecule has 132 valence electrons. The number of rotatable bonds is 3. The Labute approximate surface area is 154 Å². The maximum atomic E-state index is 12.7. The molecule has 1 aromatic heterocycles. The Balaban J connectivity index is 1.48. The lowest BCUT2D eigenvalue weighted by Gasteiger charge is -2.31. The normalized spacial score (nSPS) is 15.3. The zero-order valence-electron chi connectivity index (χ0n) is 14.0. The second-order valence-corrected chi connectivity index (χ2v) is 7.42. The summed E-state index contributed by atoms with van der Waals surface area (Å²) in [7, 11) is 0. The number of carbonyl (C=O) groups excluding carboxylic acids is 1. The number of piperidine rings is 1. The summed E-state index contributed by atoms with van der Waals surface area (Å²) in [6.07, 6.45) is 1.65. The van der Waals surface area contributed by atoms with Gasteiger partial charge in [0.2, 0.25) is 0 Å². The molecule has 0 unspecified atom stereocenters. The van der Waals surface area contributed by atoms with E-state index in [1.165, 1.54) is 16.8 Å². The van der Waals surface area contributed by atoms with Crippen molar-refractivity contribution in [2.75, 3.05) is 13.1 Å². The molecule has 1 aliphatic rings. The monoisotopic (exact) mass is 367 g/mol. The third-order valence-electron chi connectivity index (χ3n) is 4.77. The van der Waals surface area contributed by atoms with E-state index in [-0.39, 0.29) is 17.2 Å². The highest BCUT2D eigenvalue weighted by Gasteiger charge is 2.29. The number of thiazole rings is 1. The Morgan fingerprint density at radius 2 is 1.81 bits per heavy atom. The second kappa shape index (κ2) is 6.84. The molecule has 1 fully saturated rings. The Hall–Kier alpha value is -2.80. The van der Waals surface area contributed by atoms with Crippen molar-refractivity contribution in [2.24, 2.45) is 0 Å². The van der Waals surface area contributed by atoms with Crippen LogP contribution in [0, 0.1) is 10.1 Å². The van der Waals surface area contributed by atoms with Gasteiger partial charge in [0.25, 0.3) is 11.6 Å². The van der Waals surface area contributed by atoms with Crippen LogP contribution in [0.5, 0.6) is 0 Å². The number of hydrogen-bond donors (Lipinski definition) is 0. The number of benzene rings is 2. The van der Waals surface area contributed by atoms with Gasteiger partial charge in [0.15, 0.2) is 0 Å². The van der Waals surface area contributed by atoms with Crippen molar-refractivity contribution in [1.29, 1.82) is 0 Å². The predicted molar refractivity (Wildman–Crippen MR) is 101 cm³/mol. The Kier molecular flexibility index (Phi) is 4.38. The van der Waals surface area contributed by atoms with E-state index in [9.17, 15) is 14.9 Å². The highest BCUT2D eigenvalue weighted by atomic mass is 32.1. The molecule has 6 nitrogen and oxygen atoms in total. The summed E-state index contributed by atoms with van der Waals surface area (Å²) in [5.74, 6) is 0.0715. The van der Waals surface area contributed by atoms with Crippen molar-refractivity contribution >= 4 is 33.1 Å². The van der Waals surface area contributed by atoms with E-state index in [0.29, 0.717) is 19.0 Å². The van der Waals surface area contributed by atoms with Gasteiger partial charge < -0.3 is 4.90 Å². The minimum Gasteiger partial charge on any atom is -0.338 e. The van der Waals surface area contributed by atoms with Gasteiger partial charge in [0.1, 0.15) is 5.56 Å². The molecule has 0 bridgehead atoms. The van der Waals surface area contributed by atoms with E-state index in [2.05, 4.69) is 6.07 Å². The highest BCUT2D eigenvalue weighted by molar-refractivity contribution is 7.18. The molecule has 26 heavy (non-hydrogen) atoms. The van der Waals surface area contributed by atoms with Crippen LogP contribution >= 0.6 is 11.3 Å². The average molecular weight is 367 g/mol. The van der Waals surface area contributed by atoms with E-state index >= 15 is 0 Å². The van der Waals surface area contributed by atoms with Crippen LogP contribution in [0.1, 0.15) is 34.1 Å². The van der Waals surface area contributed by atoms with E-state index in [1.807, 2.05) is 18.2 Å². The maximum absolute atomic E-state index is 12.7. The van der Waals surface area contributed by atoms with Gasteiger partial charge in [-0.2, -0.15) is 0 Å². The fourth-order valence-electron chi connectivity index (χ4n) is 3.38. The van der Waals surface area contributed by atoms with Gasteiger partial charge in [-0.15, -0.1) is 11.3 Å². The van der Waals surface area contributed by atoms with Gasteiger partial charge in [-0.25, -0.2) is 4.98 Å². The van der Waals surface area contributed by atoms with Crippen LogP contribution in [0.3, 0.4) is 0 Å². The van der Waals surface area contributed by atoms with Crippen LogP contribution in [0.25, 0.3) is 10.2 Å². The highest BCUT2D eigenvalue weighted by Crippen LogP contribution is 2.34. The molecule has 0 N–H and O–H groups in total. The molecule has 2 aromatic carbocycles. The average Bonchev–Trinajstić information content (AvgIpc) is 3.12. The Morgan fingerprint density at radius 3 is 2.54 bits per heavy atom. The summed E-state index contributed by atoms with van der Waals surface area (Å²) in [4.78, 5) is 29.8. The first-order valence-corrected chi connectivity index (χ1v) is 9.33. The van der Waals surface area contributed by atoms with Crippen LogP contribution in [-0.4, -0.2) is 33.8 Å². The number of nitro groups is 1. The topological polar surface area (TPSA) is 76.3 Å². The van der Waals surface area contributed by atoms with Crippen molar-refractivity contribution in [3.63, 3.8) is 0 Å². The predicted octanol–water partition coefficient (Wildman–Crippen LogP) is 4.22. The number of aromatic nitrogens is 1. The number of nitrogens with zero attached hydrogens (tertiary/aromatic N) is 3. The third kappa shape index (κ3) is 3.06. The minimum absolute atomic E-state index is 0.134. The second-order valence-electron chi connectivity index (χ2n) is 6.36. The molecule has 0 aliphatic carbocycles. The molecular formula is C19H17N3O3S. The molecule has 1 amide bonds. The Morgan fingerprint density at radius 1 is 1.12 bits per heavy atom. The summed E-state index contributed by atoms with van der Waals surface area (Å²) in [5.41, 5.74) is 1.05. The number of likely N-dealkylation sites (tertiary alicyclic amines) is 1. The van der Waals surface area contributed by atoms with Gasteiger partial charge in [0, 0.05) is 25.1 Å². The Bertz CT molecular complexity index is 944. The van der Waals surface area contributed by atoms with Crippen LogP contribution in [0.2, 0.25) is 0 Å². The number of fused-ring (bicyclic) bond motifs is 1. The van der Waals surface area contributed by atoms with Gasteiger partial charge in [0.05, 0.1) is 20.1 Å². The largest absolute Gasteiger partial charge is 0.338 e. The summed E-state index contributed by atoms with van der Waals surface area (Å²) in [6.45, 7) is 1.18. The minimum atomic E-state index is -0.499. The van der Waals surface area contributed by atoms with Gasteiger partial charge in [-0.1, -0.05) is 24.3 Å². The van der Waals surface area contributed by atoms with Crippen molar-refractivity contribution < 1.29 is 9.72 Å². The third-order valence-corrected chi connectivity index (χ3v) is 5.97. The summed E-state index contributed by atoms with van der Waals surface area (Å²) in [6, 6.07) is 14.2. The van der Waals surface area contributed by atoms with Crippen LogP contribution in [0.4, 0.5) is 5.69 Å². The van der Waals surface area contributed by atoms with Crippen molar-refractivity contribution in [3.8, 4) is 0 Å². The number of nitro benzene ring substituents is 1. The molecule has 0 spiro atoms. The molecule has 3 aromatic rings. The fraction of sp³-hybridized carbons (Fsp3) is 0.263. The van der Waals surface area contributed by atoms with Crippen LogP contribution in [0.15, 0.2) is 48.5 Å². The smallest absolute Gasteiger partial charge is 0.282 e. The molecule has 4 rings (SSSR count). The lowest BCUT2D eigenvalue weighted by atomic mass is 9.97. The lowest BCUT2D eigenvalue weighted by molar-refractivity contribution is -0.385. The van der Waals surface area contributed by atoms with Gasteiger partial charge in [-0.3, -0.25) is 14.9 Å². The van der Waals surface area contributed by atoms with Crippen molar-refractivity contribution in [2.45, 2.75) is 18.8 Å². The molecule has 7 heteroatoms. The zero-order valence-corrected chi connectivity index (χ0v) is 14.8. The molecule has 2 heterocycles. The molecule has 1 saturated heterocycles. The van der Waals surface area contributed by atoms with Crippen molar-refractivity contribution in [1.82, 2.24) is 9.88 Å². The van der Waals surface area contributed by atoms with Crippen LogP contribution in [-0.2, 0) is 0 Å².